The molecule has 218 valence electrons. The van der Waals surface area contributed by atoms with Gasteiger partial charge in [-0.3, -0.25) is 9.59 Å². The minimum absolute atomic E-state index is 0.000272. The van der Waals surface area contributed by atoms with E-state index in [1.807, 2.05) is 23.1 Å². The van der Waals surface area contributed by atoms with Gasteiger partial charge in [0.2, 0.25) is 11.8 Å². The predicted molar refractivity (Wildman–Crippen MR) is 164 cm³/mol. The van der Waals surface area contributed by atoms with E-state index in [0.717, 1.165) is 44.5 Å². The van der Waals surface area contributed by atoms with Crippen LogP contribution in [0.5, 0.6) is 0 Å². The third-order valence-corrected chi connectivity index (χ3v) is 9.16. The summed E-state index contributed by atoms with van der Waals surface area (Å²) in [5.41, 5.74) is 2.21. The lowest BCUT2D eigenvalue weighted by molar-refractivity contribution is -0.133. The summed E-state index contributed by atoms with van der Waals surface area (Å²) >= 11 is 12.3. The Morgan fingerprint density at radius 2 is 1.80 bits per heavy atom. The van der Waals surface area contributed by atoms with E-state index in [1.165, 1.54) is 24.8 Å². The van der Waals surface area contributed by atoms with Gasteiger partial charge in [-0.05, 0) is 68.5 Å². The first-order valence-electron chi connectivity index (χ1n) is 14.9. The molecule has 40 heavy (non-hydrogen) atoms. The van der Waals surface area contributed by atoms with Crippen molar-refractivity contribution >= 4 is 35.0 Å². The van der Waals surface area contributed by atoms with Crippen molar-refractivity contribution in [2.24, 2.45) is 0 Å². The molecule has 1 N–H and O–H groups in total. The summed E-state index contributed by atoms with van der Waals surface area (Å²) in [7, 11) is 0. The smallest absolute Gasteiger partial charge is 0.239 e. The van der Waals surface area contributed by atoms with E-state index in [1.54, 1.807) is 13.0 Å². The zero-order valence-corrected chi connectivity index (χ0v) is 25.5. The molecule has 8 heteroatoms. The van der Waals surface area contributed by atoms with E-state index in [2.05, 4.69) is 46.3 Å². The number of nitrogens with zero attached hydrogens (tertiary/aromatic N) is 3. The molecule has 0 saturated carbocycles. The third-order valence-electron chi connectivity index (χ3n) is 8.42. The molecule has 2 aliphatic rings. The van der Waals surface area contributed by atoms with E-state index in [4.69, 9.17) is 23.2 Å². The predicted octanol–water partition coefficient (Wildman–Crippen LogP) is 5.97. The Hall–Kier alpha value is -2.12. The lowest BCUT2D eigenvalue weighted by Gasteiger charge is -2.31. The number of rotatable bonds is 11. The van der Waals surface area contributed by atoms with E-state index < -0.39 is 0 Å². The Morgan fingerprint density at radius 1 is 1.05 bits per heavy atom. The first-order chi connectivity index (χ1) is 19.3. The van der Waals surface area contributed by atoms with Crippen molar-refractivity contribution in [3.8, 4) is 0 Å². The van der Waals surface area contributed by atoms with Crippen molar-refractivity contribution in [3.05, 3.63) is 69.7 Å². The van der Waals surface area contributed by atoms with E-state index in [0.29, 0.717) is 42.1 Å². The standard InChI is InChI=1S/C32H44Cl2N4O2/c1-3-26(27-10-6-4-7-11-27)22-37-19-14-28(35-31(32(37)40)15-18-36-16-8-5-9-17-36)23-38(24(2)39)21-25-12-13-29(33)30(34)20-25/h4,6-7,10-13,20,26,28,31,35H,3,5,8-9,14-19,21-23H2,1-2H3/t26?,28-,31-/m0/s1. The summed E-state index contributed by atoms with van der Waals surface area (Å²) in [6.45, 7) is 9.32. The van der Waals surface area contributed by atoms with Crippen molar-refractivity contribution in [2.75, 3.05) is 39.3 Å². The SMILES string of the molecule is CCC(CN1CC[C@@H](CN(Cc2ccc(Cl)c(Cl)c2)C(C)=O)N[C@@H](CCN2CCCCC2)C1=O)c1ccccc1. The molecule has 2 aromatic carbocycles. The van der Waals surface area contributed by atoms with Crippen molar-refractivity contribution < 1.29 is 9.59 Å². The molecule has 0 aromatic heterocycles. The Morgan fingerprint density at radius 3 is 2.48 bits per heavy atom. The maximum atomic E-state index is 14.0. The average molecular weight is 588 g/mol. The van der Waals surface area contributed by atoms with Crippen LogP contribution in [0.1, 0.15) is 69.4 Å². The number of hydrogen-bond donors (Lipinski definition) is 1. The molecule has 0 spiro atoms. The summed E-state index contributed by atoms with van der Waals surface area (Å²) < 4.78 is 0. The molecule has 2 aromatic rings. The minimum atomic E-state index is -0.263. The zero-order chi connectivity index (χ0) is 28.5. The highest BCUT2D eigenvalue weighted by molar-refractivity contribution is 6.42. The van der Waals surface area contributed by atoms with Crippen LogP contribution < -0.4 is 5.32 Å². The number of likely N-dealkylation sites (tertiary alicyclic amines) is 1. The molecule has 2 fully saturated rings. The lowest BCUT2D eigenvalue weighted by atomic mass is 9.95. The van der Waals surface area contributed by atoms with Crippen LogP contribution in [0.4, 0.5) is 0 Å². The van der Waals surface area contributed by atoms with Crippen molar-refractivity contribution in [2.45, 2.75) is 76.9 Å². The normalized spacial score (nSPS) is 21.2. The fourth-order valence-corrected chi connectivity index (χ4v) is 6.32. The summed E-state index contributed by atoms with van der Waals surface area (Å²) in [6, 6.07) is 15.8. The van der Waals surface area contributed by atoms with Crippen LogP contribution in [-0.4, -0.2) is 77.9 Å². The molecule has 6 nitrogen and oxygen atoms in total. The largest absolute Gasteiger partial charge is 0.341 e. The molecule has 4 rings (SSSR count). The first kappa shape index (κ1) is 30.8. The van der Waals surface area contributed by atoms with Gasteiger partial charge in [-0.25, -0.2) is 0 Å². The van der Waals surface area contributed by atoms with Crippen LogP contribution in [0.15, 0.2) is 48.5 Å². The van der Waals surface area contributed by atoms with Gasteiger partial charge in [0, 0.05) is 51.6 Å². The summed E-state index contributed by atoms with van der Waals surface area (Å²) in [5, 5.41) is 4.68. The van der Waals surface area contributed by atoms with E-state index in [-0.39, 0.29) is 23.9 Å². The topological polar surface area (TPSA) is 55.9 Å². The van der Waals surface area contributed by atoms with Gasteiger partial charge in [0.15, 0.2) is 0 Å². The fourth-order valence-electron chi connectivity index (χ4n) is 6.00. The van der Waals surface area contributed by atoms with Gasteiger partial charge < -0.3 is 20.0 Å². The van der Waals surface area contributed by atoms with Gasteiger partial charge in [0.25, 0.3) is 0 Å². The number of carbonyl (C=O) groups is 2. The Balaban J connectivity index is 1.49. The molecular weight excluding hydrogens is 543 g/mol. The van der Waals surface area contributed by atoms with Gasteiger partial charge in [-0.15, -0.1) is 0 Å². The summed E-state index contributed by atoms with van der Waals surface area (Å²) in [4.78, 5) is 33.1. The lowest BCUT2D eigenvalue weighted by Crippen LogP contribution is -2.50. The van der Waals surface area contributed by atoms with Crippen LogP contribution in [0.3, 0.4) is 0 Å². The van der Waals surface area contributed by atoms with Gasteiger partial charge in [0.1, 0.15) is 0 Å². The highest BCUT2D eigenvalue weighted by Gasteiger charge is 2.33. The number of benzene rings is 2. The fraction of sp³-hybridized carbons (Fsp3) is 0.562. The quantitative estimate of drug-likeness (QED) is 0.352. The molecular formula is C32H44Cl2N4O2. The number of carbonyl (C=O) groups excluding carboxylic acids is 2. The highest BCUT2D eigenvalue weighted by atomic mass is 35.5. The second-order valence-electron chi connectivity index (χ2n) is 11.3. The van der Waals surface area contributed by atoms with E-state index in [9.17, 15) is 9.59 Å². The Bertz CT molecular complexity index is 1110. The number of halogens is 2. The molecule has 0 bridgehead atoms. The maximum Gasteiger partial charge on any atom is 0.239 e. The average Bonchev–Trinajstić information content (AvgIpc) is 3.11. The zero-order valence-electron chi connectivity index (χ0n) is 24.0. The van der Waals surface area contributed by atoms with E-state index >= 15 is 0 Å². The number of nitrogens with one attached hydrogen (secondary N) is 1. The van der Waals surface area contributed by atoms with Crippen molar-refractivity contribution in [3.63, 3.8) is 0 Å². The molecule has 2 heterocycles. The molecule has 2 saturated heterocycles. The Labute approximate surface area is 250 Å². The molecule has 2 amide bonds. The van der Waals surface area contributed by atoms with Gasteiger partial charge in [0.05, 0.1) is 16.1 Å². The highest BCUT2D eigenvalue weighted by Crippen LogP contribution is 2.25. The summed E-state index contributed by atoms with van der Waals surface area (Å²) in [5.74, 6) is 0.487. The van der Waals surface area contributed by atoms with Crippen LogP contribution in [0.25, 0.3) is 0 Å². The van der Waals surface area contributed by atoms with Gasteiger partial charge in [-0.2, -0.15) is 0 Å². The monoisotopic (exact) mass is 586 g/mol. The van der Waals surface area contributed by atoms with Crippen molar-refractivity contribution in [1.82, 2.24) is 20.0 Å². The molecule has 0 aliphatic carbocycles. The van der Waals surface area contributed by atoms with Gasteiger partial charge in [-0.1, -0.05) is 72.9 Å². The van der Waals surface area contributed by atoms with Crippen LogP contribution >= 0.6 is 23.2 Å². The molecule has 2 aliphatic heterocycles. The van der Waals surface area contributed by atoms with Crippen LogP contribution in [0, 0.1) is 0 Å². The second kappa shape index (κ2) is 15.2. The first-order valence-corrected chi connectivity index (χ1v) is 15.6. The second-order valence-corrected chi connectivity index (χ2v) is 12.2. The van der Waals surface area contributed by atoms with Crippen molar-refractivity contribution in [1.29, 1.82) is 0 Å². The molecule has 3 atom stereocenters. The Kier molecular flexibility index (Phi) is 11.7. The van der Waals surface area contributed by atoms with Crippen LogP contribution in [-0.2, 0) is 16.1 Å². The number of hydrogen-bond acceptors (Lipinski definition) is 4. The molecule has 0 radical (unpaired) electrons. The van der Waals surface area contributed by atoms with Crippen LogP contribution in [0.2, 0.25) is 10.0 Å². The minimum Gasteiger partial charge on any atom is -0.341 e. The van der Waals surface area contributed by atoms with Gasteiger partial charge >= 0.3 is 0 Å². The summed E-state index contributed by atoms with van der Waals surface area (Å²) in [6.07, 6.45) is 6.31. The number of piperidine rings is 1. The number of amides is 2. The maximum absolute atomic E-state index is 14.0. The third kappa shape index (κ3) is 8.69. The molecule has 1 unspecified atom stereocenters.